The average Bonchev–Trinajstić information content (AvgIpc) is 3.63. The number of non-ortho nitro benzene ring substituents is 1. The Bertz CT molecular complexity index is 1780. The van der Waals surface area contributed by atoms with Crippen LogP contribution in [-0.2, 0) is 14.4 Å². The summed E-state index contributed by atoms with van der Waals surface area (Å²) in [4.78, 5) is 68.0. The van der Waals surface area contributed by atoms with Crippen molar-refractivity contribution in [3.05, 3.63) is 142 Å². The second kappa shape index (κ2) is 10.5. The molecule has 3 heterocycles. The Morgan fingerprint density at radius 1 is 0.659 bits per heavy atom. The Labute approximate surface area is 251 Å². The van der Waals surface area contributed by atoms with Crippen molar-refractivity contribution in [3.8, 4) is 0 Å². The van der Waals surface area contributed by atoms with E-state index in [1.54, 1.807) is 77.8 Å². The Balaban J connectivity index is 1.38. The van der Waals surface area contributed by atoms with Crippen molar-refractivity contribution in [2.75, 3.05) is 4.90 Å². The molecule has 0 unspecified atom stereocenters. The number of anilines is 1. The molecular weight excluding hydrogens is 562 g/mol. The predicted molar refractivity (Wildman–Crippen MR) is 158 cm³/mol. The van der Waals surface area contributed by atoms with Gasteiger partial charge in [-0.05, 0) is 35.4 Å². The number of para-hydroxylation sites is 1. The van der Waals surface area contributed by atoms with Crippen LogP contribution >= 0.6 is 0 Å². The average molecular weight is 588 g/mol. The van der Waals surface area contributed by atoms with E-state index in [1.165, 1.54) is 17.1 Å². The fraction of sp³-hybridized carbons (Fsp3) is 0.152. The first-order chi connectivity index (χ1) is 21.4. The van der Waals surface area contributed by atoms with E-state index >= 15 is 0 Å². The summed E-state index contributed by atoms with van der Waals surface area (Å²) in [7, 11) is 0. The van der Waals surface area contributed by atoms with Gasteiger partial charge in [-0.15, -0.1) is 0 Å². The quantitative estimate of drug-likeness (QED) is 0.206. The van der Waals surface area contributed by atoms with Crippen LogP contribution in [0.5, 0.6) is 0 Å². The summed E-state index contributed by atoms with van der Waals surface area (Å²) < 4.78 is 0. The number of rotatable bonds is 6. The molecule has 11 heteroatoms. The highest BCUT2D eigenvalue weighted by Gasteiger charge is 2.69. The summed E-state index contributed by atoms with van der Waals surface area (Å²) >= 11 is 0. The first-order valence-corrected chi connectivity index (χ1v) is 14.1. The minimum absolute atomic E-state index is 0.134. The van der Waals surface area contributed by atoms with Gasteiger partial charge in [-0.25, -0.2) is 4.90 Å². The van der Waals surface area contributed by atoms with E-state index in [9.17, 15) is 29.3 Å². The lowest BCUT2D eigenvalue weighted by Crippen LogP contribution is -2.48. The molecule has 0 spiro atoms. The zero-order valence-corrected chi connectivity index (χ0v) is 23.1. The van der Waals surface area contributed by atoms with Gasteiger partial charge in [0.2, 0.25) is 5.91 Å². The number of nitro benzene ring substituents is 1. The fourth-order valence-corrected chi connectivity index (χ4v) is 6.61. The molecule has 3 aliphatic rings. The highest BCUT2D eigenvalue weighted by Crippen LogP contribution is 2.54. The van der Waals surface area contributed by atoms with Crippen molar-refractivity contribution < 1.29 is 24.1 Å². The van der Waals surface area contributed by atoms with Crippen LogP contribution in [0.4, 0.5) is 11.4 Å². The van der Waals surface area contributed by atoms with E-state index in [2.05, 4.69) is 5.32 Å². The number of hydrogen-bond acceptors (Lipinski definition) is 7. The summed E-state index contributed by atoms with van der Waals surface area (Å²) in [5.74, 6) is -3.02. The Morgan fingerprint density at radius 2 is 1.23 bits per heavy atom. The molecule has 5 atom stereocenters. The molecule has 3 aliphatic heterocycles. The molecule has 4 aromatic carbocycles. The largest absolute Gasteiger partial charge is 0.338 e. The number of nitrogens with zero attached hydrogens (tertiary/aromatic N) is 4. The van der Waals surface area contributed by atoms with E-state index in [-0.39, 0.29) is 5.69 Å². The third kappa shape index (κ3) is 4.16. The smallest absolute Gasteiger partial charge is 0.269 e. The number of fused-ring (bicyclic) bond motifs is 3. The van der Waals surface area contributed by atoms with E-state index in [1.807, 2.05) is 30.3 Å². The topological polar surface area (TPSA) is 133 Å². The van der Waals surface area contributed by atoms with Gasteiger partial charge in [-0.2, -0.15) is 5.01 Å². The van der Waals surface area contributed by atoms with E-state index in [0.717, 1.165) is 4.90 Å². The summed E-state index contributed by atoms with van der Waals surface area (Å²) in [6.45, 7) is 0. The number of hydrazine groups is 1. The number of nitro groups is 1. The van der Waals surface area contributed by atoms with Crippen LogP contribution in [0.25, 0.3) is 0 Å². The standard InChI is InChI=1S/C33H25N5O6/c39-30(22-12-6-2-7-13-22)34-26-28(20-10-4-1-5-11-20)36-27(21-16-18-24(19-17-21)38(43)44)25-29(37(36)32(26)41)33(42)35(31(25)40)23-14-8-3-9-15-23/h1-19,25-29H,(H,34,39)/t25-,26-,27+,28-,29+/m1/s1. The van der Waals surface area contributed by atoms with Crippen LogP contribution in [0.15, 0.2) is 115 Å². The molecule has 44 heavy (non-hydrogen) atoms. The van der Waals surface area contributed by atoms with Gasteiger partial charge in [0.05, 0.1) is 28.6 Å². The van der Waals surface area contributed by atoms with Crippen LogP contribution in [0, 0.1) is 16.0 Å². The van der Waals surface area contributed by atoms with Gasteiger partial charge < -0.3 is 5.32 Å². The maximum atomic E-state index is 14.4. The van der Waals surface area contributed by atoms with Crippen molar-refractivity contribution in [3.63, 3.8) is 0 Å². The number of hydrogen-bond donors (Lipinski definition) is 1. The summed E-state index contributed by atoms with van der Waals surface area (Å²) in [6.07, 6.45) is 0. The van der Waals surface area contributed by atoms with Crippen LogP contribution in [0.2, 0.25) is 0 Å². The van der Waals surface area contributed by atoms with Crippen molar-refractivity contribution >= 4 is 35.0 Å². The van der Waals surface area contributed by atoms with Crippen molar-refractivity contribution in [2.24, 2.45) is 5.92 Å². The van der Waals surface area contributed by atoms with E-state index in [4.69, 9.17) is 0 Å². The molecule has 7 rings (SSSR count). The Hall–Kier alpha value is -5.68. The molecule has 11 nitrogen and oxygen atoms in total. The minimum Gasteiger partial charge on any atom is -0.338 e. The normalized spacial score (nSPS) is 24.4. The SMILES string of the molecule is O=C(N[C@H]1C(=O)N2[C@@H]3C(=O)N(c4ccccc4)C(=O)[C@@H]3[C@H](c3ccc([N+](=O)[O-])cc3)N2[C@@H]1c1ccccc1)c1ccccc1. The molecule has 0 saturated carbocycles. The molecule has 1 N–H and O–H groups in total. The summed E-state index contributed by atoms with van der Waals surface area (Å²) in [5, 5.41) is 17.4. The van der Waals surface area contributed by atoms with Gasteiger partial charge in [0.1, 0.15) is 12.1 Å². The molecule has 4 amide bonds. The zero-order valence-electron chi connectivity index (χ0n) is 23.1. The van der Waals surface area contributed by atoms with E-state index in [0.29, 0.717) is 22.4 Å². The highest BCUT2D eigenvalue weighted by atomic mass is 16.6. The number of benzene rings is 4. The maximum Gasteiger partial charge on any atom is 0.269 e. The van der Waals surface area contributed by atoms with Crippen molar-refractivity contribution in [1.82, 2.24) is 15.3 Å². The van der Waals surface area contributed by atoms with Crippen LogP contribution in [-0.4, -0.2) is 50.7 Å². The fourth-order valence-electron chi connectivity index (χ4n) is 6.61. The number of nitrogens with one attached hydrogen (secondary N) is 1. The van der Waals surface area contributed by atoms with E-state index < -0.39 is 58.6 Å². The number of carbonyl (C=O) groups excluding carboxylic acids is 4. The van der Waals surface area contributed by atoms with Gasteiger partial charge in [-0.3, -0.25) is 34.3 Å². The molecular formula is C33H25N5O6. The van der Waals surface area contributed by atoms with Crippen LogP contribution < -0.4 is 10.2 Å². The van der Waals surface area contributed by atoms with Gasteiger partial charge in [0.25, 0.3) is 23.4 Å². The number of amides is 4. The molecule has 4 aromatic rings. The molecule has 3 fully saturated rings. The molecule has 0 aromatic heterocycles. The summed E-state index contributed by atoms with van der Waals surface area (Å²) in [5.41, 5.74) is 1.82. The first-order valence-electron chi connectivity index (χ1n) is 14.1. The lowest BCUT2D eigenvalue weighted by atomic mass is 9.87. The number of carbonyl (C=O) groups is 4. The molecule has 0 radical (unpaired) electrons. The first kappa shape index (κ1) is 27.2. The molecule has 0 aliphatic carbocycles. The third-order valence-corrected chi connectivity index (χ3v) is 8.47. The predicted octanol–water partition coefficient (Wildman–Crippen LogP) is 3.81. The monoisotopic (exact) mass is 587 g/mol. The Morgan fingerprint density at radius 3 is 1.84 bits per heavy atom. The highest BCUT2D eigenvalue weighted by molar-refractivity contribution is 6.25. The zero-order chi connectivity index (χ0) is 30.5. The minimum atomic E-state index is -1.18. The van der Waals surface area contributed by atoms with Crippen LogP contribution in [0.3, 0.4) is 0 Å². The van der Waals surface area contributed by atoms with Crippen molar-refractivity contribution in [2.45, 2.75) is 24.2 Å². The van der Waals surface area contributed by atoms with Crippen molar-refractivity contribution in [1.29, 1.82) is 0 Å². The van der Waals surface area contributed by atoms with Gasteiger partial charge in [0, 0.05) is 17.7 Å². The number of imide groups is 1. The molecule has 3 saturated heterocycles. The lowest BCUT2D eigenvalue weighted by Gasteiger charge is -2.34. The summed E-state index contributed by atoms with van der Waals surface area (Å²) in [6, 6.07) is 28.0. The Kier molecular flexibility index (Phi) is 6.51. The second-order valence-electron chi connectivity index (χ2n) is 10.8. The third-order valence-electron chi connectivity index (χ3n) is 8.47. The lowest BCUT2D eigenvalue weighted by molar-refractivity contribution is -0.384. The van der Waals surface area contributed by atoms with Gasteiger partial charge in [-0.1, -0.05) is 78.9 Å². The molecule has 0 bridgehead atoms. The maximum absolute atomic E-state index is 14.4. The van der Waals surface area contributed by atoms with Crippen LogP contribution in [0.1, 0.15) is 33.6 Å². The second-order valence-corrected chi connectivity index (χ2v) is 10.8. The van der Waals surface area contributed by atoms with Gasteiger partial charge >= 0.3 is 0 Å². The van der Waals surface area contributed by atoms with Gasteiger partial charge in [0.15, 0.2) is 0 Å². The molecule has 218 valence electrons.